The number of nitrogens with one attached hydrogen (secondary N) is 1. The average molecular weight is 239 g/mol. The molecular formula is C13H18FNO2. The van der Waals surface area contributed by atoms with Crippen molar-refractivity contribution < 1.29 is 14.2 Å². The first-order valence-corrected chi connectivity index (χ1v) is 5.55. The summed E-state index contributed by atoms with van der Waals surface area (Å²) in [7, 11) is 0. The Morgan fingerprint density at radius 3 is 2.94 bits per heavy atom. The molecule has 0 saturated heterocycles. The lowest BCUT2D eigenvalue weighted by Gasteiger charge is -2.11. The molecule has 17 heavy (non-hydrogen) atoms. The van der Waals surface area contributed by atoms with Crippen LogP contribution in [0.25, 0.3) is 0 Å². The predicted octanol–water partition coefficient (Wildman–Crippen LogP) is 1.86. The van der Waals surface area contributed by atoms with Gasteiger partial charge in [0.1, 0.15) is 18.2 Å². The second-order valence-electron chi connectivity index (χ2n) is 3.78. The zero-order valence-corrected chi connectivity index (χ0v) is 10.0. The van der Waals surface area contributed by atoms with Crippen molar-refractivity contribution in [2.24, 2.45) is 0 Å². The molecule has 0 aliphatic heterocycles. The molecule has 0 spiro atoms. The minimum atomic E-state index is -0.338. The molecule has 0 unspecified atom stereocenters. The molecule has 1 aromatic carbocycles. The summed E-state index contributed by atoms with van der Waals surface area (Å²) >= 11 is 0. The number of allylic oxidation sites excluding steroid dienone is 1. The van der Waals surface area contributed by atoms with Gasteiger partial charge in [0.15, 0.2) is 0 Å². The van der Waals surface area contributed by atoms with Crippen LogP contribution < -0.4 is 10.1 Å². The minimum Gasteiger partial charge on any atom is -0.491 e. The summed E-state index contributed by atoms with van der Waals surface area (Å²) in [6.45, 7) is 6.43. The largest absolute Gasteiger partial charge is 0.491 e. The lowest BCUT2D eigenvalue weighted by Crippen LogP contribution is -2.14. The van der Waals surface area contributed by atoms with Crippen LogP contribution in [0.4, 0.5) is 4.39 Å². The Morgan fingerprint density at radius 1 is 1.53 bits per heavy atom. The maximum absolute atomic E-state index is 13.1. The summed E-state index contributed by atoms with van der Waals surface area (Å²) in [5.74, 6) is 0.150. The Kier molecular flexibility index (Phi) is 5.49. The molecule has 0 amide bonds. The van der Waals surface area contributed by atoms with E-state index in [1.807, 2.05) is 6.92 Å². The molecule has 0 bridgehead atoms. The van der Waals surface area contributed by atoms with Crippen molar-refractivity contribution in [1.82, 2.24) is 5.32 Å². The molecule has 0 aliphatic carbocycles. The third-order valence-corrected chi connectivity index (χ3v) is 2.20. The van der Waals surface area contributed by atoms with Gasteiger partial charge in [0, 0.05) is 18.3 Å². The molecule has 2 N–H and O–H groups in total. The van der Waals surface area contributed by atoms with E-state index in [2.05, 4.69) is 11.9 Å². The Bertz CT molecular complexity index is 380. The minimum absolute atomic E-state index is 0.0834. The first-order valence-electron chi connectivity index (χ1n) is 5.55. The number of rotatable bonds is 7. The molecular weight excluding hydrogens is 221 g/mol. The monoisotopic (exact) mass is 239 g/mol. The molecule has 1 aromatic rings. The Labute approximate surface area is 101 Å². The van der Waals surface area contributed by atoms with Gasteiger partial charge in [-0.05, 0) is 25.0 Å². The highest BCUT2D eigenvalue weighted by atomic mass is 19.1. The number of aliphatic hydroxyl groups excluding tert-OH is 1. The first-order chi connectivity index (χ1) is 8.13. The highest BCUT2D eigenvalue weighted by Crippen LogP contribution is 2.20. The fourth-order valence-corrected chi connectivity index (χ4v) is 1.44. The van der Waals surface area contributed by atoms with Crippen molar-refractivity contribution in [3.8, 4) is 5.75 Å². The third kappa shape index (κ3) is 4.87. The number of aliphatic hydroxyl groups is 1. The summed E-state index contributed by atoms with van der Waals surface area (Å²) < 4.78 is 18.3. The van der Waals surface area contributed by atoms with Crippen LogP contribution in [0.2, 0.25) is 0 Å². The number of benzene rings is 1. The second kappa shape index (κ2) is 6.91. The number of halogens is 1. The van der Waals surface area contributed by atoms with E-state index in [1.165, 1.54) is 12.1 Å². The van der Waals surface area contributed by atoms with E-state index in [9.17, 15) is 4.39 Å². The number of hydrogen-bond donors (Lipinski definition) is 2. The van der Waals surface area contributed by atoms with Crippen LogP contribution in [-0.4, -0.2) is 24.9 Å². The topological polar surface area (TPSA) is 41.5 Å². The van der Waals surface area contributed by atoms with E-state index in [1.54, 1.807) is 6.07 Å². The van der Waals surface area contributed by atoms with Crippen molar-refractivity contribution in [2.45, 2.75) is 13.3 Å². The Hall–Kier alpha value is -1.55. The van der Waals surface area contributed by atoms with E-state index < -0.39 is 0 Å². The van der Waals surface area contributed by atoms with Gasteiger partial charge < -0.3 is 15.2 Å². The molecule has 0 fully saturated rings. The lowest BCUT2D eigenvalue weighted by atomic mass is 10.1. The van der Waals surface area contributed by atoms with Gasteiger partial charge in [0.2, 0.25) is 0 Å². The van der Waals surface area contributed by atoms with Gasteiger partial charge in [0.25, 0.3) is 0 Å². The normalized spacial score (nSPS) is 10.1. The zero-order chi connectivity index (χ0) is 12.7. The van der Waals surface area contributed by atoms with E-state index in [-0.39, 0.29) is 19.0 Å². The summed E-state index contributed by atoms with van der Waals surface area (Å²) in [6, 6.07) is 4.44. The molecule has 0 atom stereocenters. The summed E-state index contributed by atoms with van der Waals surface area (Å²) in [4.78, 5) is 0. The molecule has 1 rings (SSSR count). The first kappa shape index (κ1) is 13.5. The van der Waals surface area contributed by atoms with Crippen molar-refractivity contribution in [3.63, 3.8) is 0 Å². The maximum atomic E-state index is 13.1. The van der Waals surface area contributed by atoms with Gasteiger partial charge in [-0.3, -0.25) is 0 Å². The van der Waals surface area contributed by atoms with E-state index in [0.717, 1.165) is 17.8 Å². The third-order valence-electron chi connectivity index (χ3n) is 2.20. The Morgan fingerprint density at radius 2 is 2.29 bits per heavy atom. The van der Waals surface area contributed by atoms with Crippen molar-refractivity contribution in [1.29, 1.82) is 0 Å². The fraction of sp³-hybridized carbons (Fsp3) is 0.385. The van der Waals surface area contributed by atoms with Gasteiger partial charge in [0.05, 0.1) is 6.61 Å². The zero-order valence-electron chi connectivity index (χ0n) is 10.0. The van der Waals surface area contributed by atoms with Crippen LogP contribution in [0, 0.1) is 5.82 Å². The van der Waals surface area contributed by atoms with Crippen molar-refractivity contribution in [2.75, 3.05) is 19.8 Å². The predicted molar refractivity (Wildman–Crippen MR) is 65.5 cm³/mol. The molecule has 0 radical (unpaired) electrons. The smallest absolute Gasteiger partial charge is 0.126 e. The molecule has 0 saturated carbocycles. The van der Waals surface area contributed by atoms with Crippen LogP contribution in [0.15, 0.2) is 30.5 Å². The van der Waals surface area contributed by atoms with E-state index in [4.69, 9.17) is 9.84 Å². The van der Waals surface area contributed by atoms with Crippen molar-refractivity contribution >= 4 is 0 Å². The second-order valence-corrected chi connectivity index (χ2v) is 3.78. The quantitative estimate of drug-likeness (QED) is 0.763. The number of ether oxygens (including phenoxy) is 1. The SMILES string of the molecule is C=C(C)NCCc1ccc(F)cc1OCCO. The molecule has 4 heteroatoms. The van der Waals surface area contributed by atoms with Gasteiger partial charge in [-0.15, -0.1) is 0 Å². The highest BCUT2D eigenvalue weighted by Gasteiger charge is 2.05. The van der Waals surface area contributed by atoms with E-state index >= 15 is 0 Å². The average Bonchev–Trinajstić information content (AvgIpc) is 2.28. The summed E-state index contributed by atoms with van der Waals surface area (Å²) in [6.07, 6.45) is 0.716. The highest BCUT2D eigenvalue weighted by molar-refractivity contribution is 5.34. The van der Waals surface area contributed by atoms with Gasteiger partial charge in [-0.1, -0.05) is 12.6 Å². The Balaban J connectivity index is 2.64. The van der Waals surface area contributed by atoms with Gasteiger partial charge in [-0.2, -0.15) is 0 Å². The maximum Gasteiger partial charge on any atom is 0.126 e. The standard InChI is InChI=1S/C13H18FNO2/c1-10(2)15-6-5-11-3-4-12(14)9-13(11)17-8-7-16/h3-4,9,15-16H,1,5-8H2,2H3. The van der Waals surface area contributed by atoms with Crippen molar-refractivity contribution in [3.05, 3.63) is 41.9 Å². The molecule has 94 valence electrons. The van der Waals surface area contributed by atoms with Crippen LogP contribution in [0.3, 0.4) is 0 Å². The van der Waals surface area contributed by atoms with Gasteiger partial charge >= 0.3 is 0 Å². The van der Waals surface area contributed by atoms with Crippen LogP contribution in [0.5, 0.6) is 5.75 Å². The molecule has 0 aliphatic rings. The van der Waals surface area contributed by atoms with Gasteiger partial charge in [-0.25, -0.2) is 4.39 Å². The van der Waals surface area contributed by atoms with Crippen LogP contribution in [-0.2, 0) is 6.42 Å². The van der Waals surface area contributed by atoms with Crippen LogP contribution in [0.1, 0.15) is 12.5 Å². The molecule has 3 nitrogen and oxygen atoms in total. The fourth-order valence-electron chi connectivity index (χ4n) is 1.44. The molecule has 0 heterocycles. The van der Waals surface area contributed by atoms with Crippen LogP contribution >= 0.6 is 0 Å². The summed E-state index contributed by atoms with van der Waals surface area (Å²) in [5, 5.41) is 11.8. The lowest BCUT2D eigenvalue weighted by molar-refractivity contribution is 0.200. The van der Waals surface area contributed by atoms with E-state index in [0.29, 0.717) is 12.2 Å². The number of hydrogen-bond acceptors (Lipinski definition) is 3. The summed E-state index contributed by atoms with van der Waals surface area (Å²) in [5.41, 5.74) is 1.80. The molecule has 0 aromatic heterocycles.